The molecule has 6 aromatic rings. The maximum absolute atomic E-state index is 15.6. The molecule has 7 rings (SSSR count). The van der Waals surface area contributed by atoms with Gasteiger partial charge in [-0.05, 0) is 73.4 Å². The summed E-state index contributed by atoms with van der Waals surface area (Å²) in [4.78, 5) is 60.8. The van der Waals surface area contributed by atoms with E-state index in [4.69, 9.17) is 4.52 Å². The zero-order valence-corrected chi connectivity index (χ0v) is 32.4. The van der Waals surface area contributed by atoms with Gasteiger partial charge in [-0.2, -0.15) is 4.98 Å². The Bertz CT molecular complexity index is 2480. The van der Waals surface area contributed by atoms with Crippen LogP contribution in [0.2, 0.25) is 0 Å². The summed E-state index contributed by atoms with van der Waals surface area (Å²) < 4.78 is 22.2. The first-order valence-electron chi connectivity index (χ1n) is 18.7. The third kappa shape index (κ3) is 9.13. The number of carbonyl (C=O) groups is 1. The summed E-state index contributed by atoms with van der Waals surface area (Å²) in [6.07, 6.45) is 5.57. The van der Waals surface area contributed by atoms with Gasteiger partial charge in [0.2, 0.25) is 0 Å². The van der Waals surface area contributed by atoms with Crippen molar-refractivity contribution in [1.29, 1.82) is 0 Å². The number of aromatic nitrogens is 7. The van der Waals surface area contributed by atoms with E-state index in [1.807, 2.05) is 70.3 Å². The van der Waals surface area contributed by atoms with Crippen LogP contribution in [-0.2, 0) is 11.8 Å². The Morgan fingerprint density at radius 3 is 2.39 bits per heavy atom. The number of H-pyrrole nitrogens is 1. The van der Waals surface area contributed by atoms with Crippen molar-refractivity contribution < 1.29 is 13.7 Å². The van der Waals surface area contributed by atoms with Crippen molar-refractivity contribution >= 4 is 23.2 Å². The molecule has 5 heterocycles. The predicted octanol–water partition coefficient (Wildman–Crippen LogP) is 5.11. The molecular formula is C41H44FN11O4. The van der Waals surface area contributed by atoms with Gasteiger partial charge in [-0.15, -0.1) is 0 Å². The van der Waals surface area contributed by atoms with Gasteiger partial charge >= 0.3 is 17.5 Å². The van der Waals surface area contributed by atoms with Gasteiger partial charge in [0, 0.05) is 62.0 Å². The van der Waals surface area contributed by atoms with Gasteiger partial charge in [0.15, 0.2) is 5.82 Å². The van der Waals surface area contributed by atoms with E-state index in [1.165, 1.54) is 34.8 Å². The number of halogens is 1. The second kappa shape index (κ2) is 16.3. The van der Waals surface area contributed by atoms with Crippen LogP contribution in [-0.4, -0.2) is 78.2 Å². The van der Waals surface area contributed by atoms with E-state index in [1.54, 1.807) is 19.1 Å². The van der Waals surface area contributed by atoms with Crippen LogP contribution in [0.3, 0.4) is 0 Å². The monoisotopic (exact) mass is 773 g/mol. The van der Waals surface area contributed by atoms with Crippen LogP contribution in [0.15, 0.2) is 93.5 Å². The molecule has 15 nitrogen and oxygen atoms in total. The van der Waals surface area contributed by atoms with Gasteiger partial charge in [0.05, 0.1) is 29.3 Å². The lowest BCUT2D eigenvalue weighted by Crippen LogP contribution is -2.47. The van der Waals surface area contributed by atoms with E-state index in [2.05, 4.69) is 50.5 Å². The lowest BCUT2D eigenvalue weighted by Gasteiger charge is -2.36. The number of benzene rings is 2. The van der Waals surface area contributed by atoms with Crippen LogP contribution in [0, 0.1) is 12.7 Å². The smallest absolute Gasteiger partial charge is 0.332 e. The quantitative estimate of drug-likeness (QED) is 0.159. The highest BCUT2D eigenvalue weighted by molar-refractivity contribution is 5.89. The van der Waals surface area contributed by atoms with E-state index in [9.17, 15) is 14.4 Å². The molecule has 0 saturated carbocycles. The third-order valence-corrected chi connectivity index (χ3v) is 9.90. The number of nitrogens with zero attached hydrogens (tertiary/aromatic N) is 8. The van der Waals surface area contributed by atoms with Gasteiger partial charge in [0.1, 0.15) is 23.8 Å². The first-order chi connectivity index (χ1) is 27.3. The molecule has 294 valence electrons. The number of aromatic amines is 1. The van der Waals surface area contributed by atoms with Crippen LogP contribution in [0.25, 0.3) is 16.9 Å². The first kappa shape index (κ1) is 38.7. The molecule has 57 heavy (non-hydrogen) atoms. The first-order valence-corrected chi connectivity index (χ1v) is 18.7. The maximum atomic E-state index is 15.6. The molecular weight excluding hydrogens is 730 g/mol. The van der Waals surface area contributed by atoms with Crippen molar-refractivity contribution in [1.82, 2.24) is 44.9 Å². The minimum atomic E-state index is -0.538. The number of nitrogens with one attached hydrogen (secondary N) is 3. The Kier molecular flexibility index (Phi) is 11.1. The summed E-state index contributed by atoms with van der Waals surface area (Å²) in [7, 11) is 0. The number of aryl methyl sites for hydroxylation is 1. The summed E-state index contributed by atoms with van der Waals surface area (Å²) in [6, 6.07) is 17.3. The average molecular weight is 774 g/mol. The fourth-order valence-corrected chi connectivity index (χ4v) is 6.63. The molecule has 1 aliphatic rings. The van der Waals surface area contributed by atoms with Crippen molar-refractivity contribution in [2.24, 2.45) is 0 Å². The number of amides is 1. The molecule has 0 bridgehead atoms. The topological polar surface area (TPSA) is 180 Å². The van der Waals surface area contributed by atoms with Crippen molar-refractivity contribution in [2.75, 3.05) is 42.9 Å². The highest BCUT2D eigenvalue weighted by atomic mass is 19.1. The number of hydrogen-bond donors (Lipinski definition) is 3. The lowest BCUT2D eigenvalue weighted by atomic mass is 9.96. The van der Waals surface area contributed by atoms with Crippen LogP contribution in [0.1, 0.15) is 66.9 Å². The van der Waals surface area contributed by atoms with Gasteiger partial charge in [-0.3, -0.25) is 24.0 Å². The highest BCUT2D eigenvalue weighted by Crippen LogP contribution is 2.29. The number of carbonyl (C=O) groups excluding carboxylic acids is 1. The van der Waals surface area contributed by atoms with E-state index in [0.717, 1.165) is 50.4 Å². The molecule has 0 radical (unpaired) electrons. The normalized spacial score (nSPS) is 14.0. The fourth-order valence-electron chi connectivity index (χ4n) is 6.63. The molecule has 1 atom stereocenters. The molecule has 1 aliphatic heterocycles. The van der Waals surface area contributed by atoms with Gasteiger partial charge < -0.3 is 20.1 Å². The Balaban J connectivity index is 0.911. The zero-order chi connectivity index (χ0) is 40.3. The van der Waals surface area contributed by atoms with Crippen molar-refractivity contribution in [3.8, 4) is 16.9 Å². The van der Waals surface area contributed by atoms with Crippen LogP contribution >= 0.6 is 0 Å². The third-order valence-electron chi connectivity index (χ3n) is 9.90. The number of hydrogen-bond acceptors (Lipinski definition) is 12. The Morgan fingerprint density at radius 1 is 0.947 bits per heavy atom. The molecule has 3 N–H and O–H groups in total. The minimum absolute atomic E-state index is 0.148. The van der Waals surface area contributed by atoms with Gasteiger partial charge in [0.25, 0.3) is 5.56 Å². The minimum Gasteiger partial charge on any atom is -0.368 e. The molecule has 1 fully saturated rings. The second-order valence-corrected chi connectivity index (χ2v) is 15.1. The zero-order valence-electron chi connectivity index (χ0n) is 32.4. The Labute approximate surface area is 328 Å². The van der Waals surface area contributed by atoms with E-state index in [-0.39, 0.29) is 11.3 Å². The molecule has 1 saturated heterocycles. The van der Waals surface area contributed by atoms with Crippen molar-refractivity contribution in [2.45, 2.75) is 52.5 Å². The van der Waals surface area contributed by atoms with Gasteiger partial charge in [-0.25, -0.2) is 24.1 Å². The maximum Gasteiger partial charge on any atom is 0.332 e. The number of rotatable bonds is 11. The van der Waals surface area contributed by atoms with Crippen LogP contribution in [0.5, 0.6) is 0 Å². The Hall–Kier alpha value is -6.55. The summed E-state index contributed by atoms with van der Waals surface area (Å²) in [5, 5.41) is 9.93. The summed E-state index contributed by atoms with van der Waals surface area (Å²) in [6.45, 7) is 13.8. The molecule has 16 heteroatoms. The van der Waals surface area contributed by atoms with Crippen molar-refractivity contribution in [3.63, 3.8) is 0 Å². The summed E-state index contributed by atoms with van der Waals surface area (Å²) >= 11 is 0. The van der Waals surface area contributed by atoms with Crippen LogP contribution < -0.4 is 26.8 Å². The molecule has 2 aromatic carbocycles. The standard InChI is InChI=1S/C41H44FN11O4/c1-25-20-31(32(42)21-30(25)26(2)46-37(55)38-49-39(50-57-38)41(3,4)5)33-22-35(45-24-44-33)47-34-11-10-29(23-43-34)52-18-16-51(17-19-52)14-12-27-6-8-28(9-7-27)53-15-13-36(54)48-40(53)56/h6-11,13,15,20-24,26H,12,14,16-19H2,1-5H3,(H,46,55)(H,48,54,56)(H,43,44,45,47)/t26-/m1/s1. The number of anilines is 3. The SMILES string of the molecule is Cc1cc(-c2cc(Nc3ccc(N4CCN(CCc5ccc(-n6ccc(=O)[nH]c6=O)cc5)CC4)cn3)ncn2)c(F)cc1[C@@H](C)NC(=O)c1nc(C(C)(C)C)no1. The predicted molar refractivity (Wildman–Crippen MR) is 214 cm³/mol. The van der Waals surface area contributed by atoms with E-state index < -0.39 is 29.0 Å². The summed E-state index contributed by atoms with van der Waals surface area (Å²) in [5.74, 6) is 0.294. The number of pyridine rings is 1. The van der Waals surface area contributed by atoms with Gasteiger partial charge in [-0.1, -0.05) is 38.1 Å². The largest absolute Gasteiger partial charge is 0.368 e. The average Bonchev–Trinajstić information content (AvgIpc) is 3.71. The lowest BCUT2D eigenvalue weighted by molar-refractivity contribution is 0.0895. The van der Waals surface area contributed by atoms with E-state index >= 15 is 4.39 Å². The molecule has 4 aromatic heterocycles. The molecule has 0 aliphatic carbocycles. The fraction of sp³-hybridized carbons (Fsp3) is 0.317. The Morgan fingerprint density at radius 2 is 1.70 bits per heavy atom. The van der Waals surface area contributed by atoms with E-state index in [0.29, 0.717) is 40.0 Å². The highest BCUT2D eigenvalue weighted by Gasteiger charge is 2.25. The molecule has 0 unspecified atom stereocenters. The van der Waals surface area contributed by atoms with Crippen molar-refractivity contribution in [3.05, 3.63) is 134 Å². The molecule has 1 amide bonds. The molecule has 0 spiro atoms. The summed E-state index contributed by atoms with van der Waals surface area (Å²) in [5.41, 5.74) is 3.70. The second-order valence-electron chi connectivity index (χ2n) is 15.1. The number of piperazine rings is 1. The van der Waals surface area contributed by atoms with Crippen LogP contribution in [0.4, 0.5) is 21.7 Å².